The van der Waals surface area contributed by atoms with Crippen LogP contribution in [-0.4, -0.2) is 41.3 Å². The van der Waals surface area contributed by atoms with E-state index in [4.69, 9.17) is 21.7 Å². The van der Waals surface area contributed by atoms with Crippen molar-refractivity contribution in [1.29, 1.82) is 0 Å². The number of thioether (sulfide) groups is 1. The van der Waals surface area contributed by atoms with E-state index in [2.05, 4.69) is 11.9 Å². The van der Waals surface area contributed by atoms with Crippen LogP contribution in [0.4, 0.5) is 5.69 Å². The first-order chi connectivity index (χ1) is 14.5. The molecule has 0 spiro atoms. The molecule has 1 aliphatic rings. The van der Waals surface area contributed by atoms with Crippen molar-refractivity contribution in [3.63, 3.8) is 0 Å². The zero-order valence-electron chi connectivity index (χ0n) is 16.3. The predicted octanol–water partition coefficient (Wildman–Crippen LogP) is 4.10. The Morgan fingerprint density at radius 1 is 1.23 bits per heavy atom. The van der Waals surface area contributed by atoms with Crippen molar-refractivity contribution < 1.29 is 19.1 Å². The van der Waals surface area contributed by atoms with Crippen LogP contribution in [0.2, 0.25) is 0 Å². The lowest BCUT2D eigenvalue weighted by Gasteiger charge is -2.10. The van der Waals surface area contributed by atoms with Gasteiger partial charge in [0.05, 0.1) is 12.0 Å². The van der Waals surface area contributed by atoms with Crippen LogP contribution in [0.3, 0.4) is 0 Å². The predicted molar refractivity (Wildman–Crippen MR) is 124 cm³/mol. The van der Waals surface area contributed by atoms with Crippen molar-refractivity contribution in [2.75, 3.05) is 25.6 Å². The van der Waals surface area contributed by atoms with Gasteiger partial charge in [-0.2, -0.15) is 0 Å². The molecule has 0 bridgehead atoms. The monoisotopic (exact) mass is 440 g/mol. The maximum atomic E-state index is 12.4. The summed E-state index contributed by atoms with van der Waals surface area (Å²) in [6.07, 6.45) is 3.39. The number of ether oxygens (including phenoxy) is 2. The Bertz CT molecular complexity index is 1020. The zero-order valence-corrected chi connectivity index (χ0v) is 17.9. The quantitative estimate of drug-likeness (QED) is 0.379. The number of nitrogens with zero attached hydrogens (tertiary/aromatic N) is 1. The summed E-state index contributed by atoms with van der Waals surface area (Å²) in [5, 5.41) is 2.76. The van der Waals surface area contributed by atoms with E-state index in [0.717, 1.165) is 5.56 Å². The molecule has 2 amide bonds. The smallest absolute Gasteiger partial charge is 0.266 e. The molecule has 30 heavy (non-hydrogen) atoms. The lowest BCUT2D eigenvalue weighted by Crippen LogP contribution is -2.27. The van der Waals surface area contributed by atoms with Gasteiger partial charge < -0.3 is 14.8 Å². The van der Waals surface area contributed by atoms with Gasteiger partial charge in [0.15, 0.2) is 6.61 Å². The van der Waals surface area contributed by atoms with Gasteiger partial charge in [0.25, 0.3) is 11.8 Å². The molecule has 2 aromatic carbocycles. The number of methoxy groups -OCH3 is 1. The summed E-state index contributed by atoms with van der Waals surface area (Å²) in [5.74, 6) is 0.735. The summed E-state index contributed by atoms with van der Waals surface area (Å²) >= 11 is 6.50. The summed E-state index contributed by atoms with van der Waals surface area (Å²) in [7, 11) is 1.56. The molecule has 0 unspecified atom stereocenters. The van der Waals surface area contributed by atoms with E-state index in [1.807, 2.05) is 6.07 Å². The van der Waals surface area contributed by atoms with E-state index >= 15 is 0 Å². The van der Waals surface area contributed by atoms with Crippen molar-refractivity contribution >= 4 is 51.9 Å². The van der Waals surface area contributed by atoms with Crippen molar-refractivity contribution in [3.05, 3.63) is 71.7 Å². The summed E-state index contributed by atoms with van der Waals surface area (Å²) in [5.41, 5.74) is 1.40. The number of carbonyl (C=O) groups excluding carboxylic acids is 2. The molecule has 154 valence electrons. The van der Waals surface area contributed by atoms with Gasteiger partial charge in [0, 0.05) is 18.3 Å². The van der Waals surface area contributed by atoms with Crippen LogP contribution >= 0.6 is 24.0 Å². The second kappa shape index (κ2) is 10.1. The molecule has 0 radical (unpaired) electrons. The molecule has 1 saturated heterocycles. The highest BCUT2D eigenvalue weighted by Crippen LogP contribution is 2.32. The molecule has 0 aromatic heterocycles. The highest BCUT2D eigenvalue weighted by atomic mass is 32.2. The molecule has 1 aliphatic heterocycles. The number of benzene rings is 2. The molecule has 6 nitrogen and oxygen atoms in total. The Labute approximate surface area is 184 Å². The number of rotatable bonds is 8. The van der Waals surface area contributed by atoms with Gasteiger partial charge in [-0.3, -0.25) is 14.5 Å². The number of nitrogens with one attached hydrogen (secondary N) is 1. The number of carbonyl (C=O) groups is 2. The van der Waals surface area contributed by atoms with Gasteiger partial charge in [0.2, 0.25) is 0 Å². The molecule has 1 N–H and O–H groups in total. The fourth-order valence-corrected chi connectivity index (χ4v) is 3.95. The molecule has 8 heteroatoms. The first-order valence-corrected chi connectivity index (χ1v) is 10.3. The van der Waals surface area contributed by atoms with Crippen molar-refractivity contribution in [3.8, 4) is 11.5 Å². The summed E-state index contributed by atoms with van der Waals surface area (Å²) in [6, 6.07) is 14.2. The summed E-state index contributed by atoms with van der Waals surface area (Å²) in [4.78, 5) is 26.6. The zero-order chi connectivity index (χ0) is 21.5. The molecule has 2 aromatic rings. The van der Waals surface area contributed by atoms with Crippen LogP contribution in [0.15, 0.2) is 66.1 Å². The molecular formula is C22H20N2O4S2. The van der Waals surface area contributed by atoms with E-state index in [1.54, 1.807) is 61.7 Å². The van der Waals surface area contributed by atoms with Crippen LogP contribution in [0, 0.1) is 0 Å². The highest BCUT2D eigenvalue weighted by Gasteiger charge is 2.30. The minimum atomic E-state index is -0.293. The average molecular weight is 441 g/mol. The van der Waals surface area contributed by atoms with Crippen molar-refractivity contribution in [2.24, 2.45) is 0 Å². The molecule has 0 saturated carbocycles. The standard InChI is InChI=1S/C22H20N2O4S2/c1-3-10-24-21(26)19(30-22(24)29)12-15-6-4-9-18(11-15)28-14-20(25)23-16-7-5-8-17(13-16)27-2/h3-9,11-13H,1,10,14H2,2H3,(H,23,25)/b19-12-. The fraction of sp³-hybridized carbons (Fsp3) is 0.136. The number of hydrogen-bond acceptors (Lipinski definition) is 6. The minimum Gasteiger partial charge on any atom is -0.497 e. The SMILES string of the molecule is C=CCN1C(=O)/C(=C/c2cccc(OCC(=O)Nc3cccc(OC)c3)c2)SC1=S. The molecular weight excluding hydrogens is 420 g/mol. The summed E-state index contributed by atoms with van der Waals surface area (Å²) in [6.45, 7) is 3.88. The van der Waals surface area contributed by atoms with Gasteiger partial charge in [0.1, 0.15) is 15.8 Å². The largest absolute Gasteiger partial charge is 0.497 e. The van der Waals surface area contributed by atoms with E-state index in [1.165, 1.54) is 16.7 Å². The lowest BCUT2D eigenvalue weighted by atomic mass is 10.2. The second-order valence-corrected chi connectivity index (χ2v) is 7.90. The topological polar surface area (TPSA) is 67.9 Å². The van der Waals surface area contributed by atoms with E-state index in [0.29, 0.717) is 33.0 Å². The first kappa shape index (κ1) is 21.6. The maximum absolute atomic E-state index is 12.4. The van der Waals surface area contributed by atoms with E-state index < -0.39 is 0 Å². The van der Waals surface area contributed by atoms with Crippen LogP contribution < -0.4 is 14.8 Å². The lowest BCUT2D eigenvalue weighted by molar-refractivity contribution is -0.121. The van der Waals surface area contributed by atoms with E-state index in [-0.39, 0.29) is 18.4 Å². The Morgan fingerprint density at radius 3 is 2.77 bits per heavy atom. The molecule has 1 fully saturated rings. The first-order valence-electron chi connectivity index (χ1n) is 9.03. The third-order valence-electron chi connectivity index (χ3n) is 4.06. The minimum absolute atomic E-state index is 0.145. The Morgan fingerprint density at radius 2 is 2.00 bits per heavy atom. The number of anilines is 1. The summed E-state index contributed by atoms with van der Waals surface area (Å²) < 4.78 is 11.2. The Hall–Kier alpha value is -3.10. The van der Waals surface area contributed by atoms with Crippen LogP contribution in [-0.2, 0) is 9.59 Å². The normalized spacial score (nSPS) is 14.7. The van der Waals surface area contributed by atoms with Crippen LogP contribution in [0.5, 0.6) is 11.5 Å². The maximum Gasteiger partial charge on any atom is 0.266 e. The van der Waals surface area contributed by atoms with Gasteiger partial charge in [-0.05, 0) is 35.9 Å². The van der Waals surface area contributed by atoms with E-state index in [9.17, 15) is 9.59 Å². The van der Waals surface area contributed by atoms with Gasteiger partial charge >= 0.3 is 0 Å². The average Bonchev–Trinajstić information content (AvgIpc) is 3.00. The second-order valence-electron chi connectivity index (χ2n) is 6.22. The van der Waals surface area contributed by atoms with Gasteiger partial charge in [-0.15, -0.1) is 6.58 Å². The number of thiocarbonyl (C=S) groups is 1. The Kier molecular flexibility index (Phi) is 7.26. The van der Waals surface area contributed by atoms with Crippen molar-refractivity contribution in [1.82, 2.24) is 4.90 Å². The van der Waals surface area contributed by atoms with Crippen LogP contribution in [0.25, 0.3) is 6.08 Å². The fourth-order valence-electron chi connectivity index (χ4n) is 2.68. The molecule has 0 atom stereocenters. The molecule has 3 rings (SSSR count). The van der Waals surface area contributed by atoms with Gasteiger partial charge in [-0.1, -0.05) is 48.3 Å². The molecule has 0 aliphatic carbocycles. The highest BCUT2D eigenvalue weighted by molar-refractivity contribution is 8.26. The Balaban J connectivity index is 1.62. The van der Waals surface area contributed by atoms with Crippen LogP contribution in [0.1, 0.15) is 5.56 Å². The number of amides is 2. The number of hydrogen-bond donors (Lipinski definition) is 1. The third kappa shape index (κ3) is 5.49. The van der Waals surface area contributed by atoms with Gasteiger partial charge in [-0.25, -0.2) is 0 Å². The third-order valence-corrected chi connectivity index (χ3v) is 5.44. The van der Waals surface area contributed by atoms with Crippen molar-refractivity contribution in [2.45, 2.75) is 0 Å². The molecule has 1 heterocycles.